The van der Waals surface area contributed by atoms with Crippen LogP contribution in [0.5, 0.6) is 0 Å². The van der Waals surface area contributed by atoms with Crippen LogP contribution in [0.3, 0.4) is 0 Å². The topological polar surface area (TPSA) is 6.48 Å². The normalized spacial score (nSPS) is 26.0. The molecule has 5 aliphatic rings. The standard InChI is InChI=1S/C56H52N2S/c1-36-28-31-49(43-24-13-12-22-41(36)43)57(38-18-8-6-9-19-38)50-35-48-52(44-25-15-16-26-46(44)55(48,3)4)53-45-30-29-40(34-51(45)59-54(50)53)58(39-20-10-7-11-21-39)56(5)33-32-37(2)42-23-14-17-27-47(42)56/h6-10,12-20,22-35,37,42,44,46-47H,11,21H2,1-5H3. The molecule has 292 valence electrons. The lowest BCUT2D eigenvalue weighted by atomic mass is 9.65. The van der Waals surface area contributed by atoms with Gasteiger partial charge < -0.3 is 9.80 Å². The van der Waals surface area contributed by atoms with E-state index >= 15 is 0 Å². The Kier molecular flexibility index (Phi) is 8.47. The van der Waals surface area contributed by atoms with E-state index in [1.54, 1.807) is 0 Å². The molecule has 0 bridgehead atoms. The third-order valence-corrected chi connectivity index (χ3v) is 15.7. The predicted octanol–water partition coefficient (Wildman–Crippen LogP) is 15.5. The summed E-state index contributed by atoms with van der Waals surface area (Å²) < 4.78 is 2.70. The molecule has 6 aromatic rings. The van der Waals surface area contributed by atoms with Gasteiger partial charge in [0, 0.05) is 49.8 Å². The zero-order valence-electron chi connectivity index (χ0n) is 34.8. The molecule has 6 atom stereocenters. The second-order valence-electron chi connectivity index (χ2n) is 18.3. The van der Waals surface area contributed by atoms with Gasteiger partial charge in [0.05, 0.1) is 21.6 Å². The summed E-state index contributed by atoms with van der Waals surface area (Å²) in [6, 6.07) is 34.7. The molecule has 0 radical (unpaired) electrons. The van der Waals surface area contributed by atoms with Crippen LogP contribution in [0.15, 0.2) is 176 Å². The number of nitrogens with zero attached hydrogens (tertiary/aromatic N) is 2. The van der Waals surface area contributed by atoms with Crippen molar-refractivity contribution in [1.82, 2.24) is 0 Å². The van der Waals surface area contributed by atoms with Gasteiger partial charge in [0.1, 0.15) is 0 Å². The smallest absolute Gasteiger partial charge is 0.0670 e. The maximum atomic E-state index is 2.71. The van der Waals surface area contributed by atoms with Crippen LogP contribution >= 0.6 is 11.3 Å². The first-order valence-corrected chi connectivity index (χ1v) is 22.5. The van der Waals surface area contributed by atoms with E-state index in [4.69, 9.17) is 0 Å². The number of allylic oxidation sites excluding steroid dienone is 12. The van der Waals surface area contributed by atoms with Crippen LogP contribution in [-0.4, -0.2) is 5.54 Å². The summed E-state index contributed by atoms with van der Waals surface area (Å²) in [5.74, 6) is 2.05. The maximum absolute atomic E-state index is 2.71. The van der Waals surface area contributed by atoms with Gasteiger partial charge in [0.25, 0.3) is 0 Å². The van der Waals surface area contributed by atoms with E-state index in [2.05, 4.69) is 214 Å². The minimum atomic E-state index is -0.223. The molecular formula is C56H52N2S. The van der Waals surface area contributed by atoms with Crippen molar-refractivity contribution in [2.75, 3.05) is 9.80 Å². The molecule has 0 aliphatic heterocycles. The number of benzene rings is 5. The molecule has 5 aromatic carbocycles. The van der Waals surface area contributed by atoms with E-state index in [1.165, 1.54) is 76.1 Å². The summed E-state index contributed by atoms with van der Waals surface area (Å²) in [7, 11) is 0. The molecule has 3 heteroatoms. The van der Waals surface area contributed by atoms with E-state index in [0.717, 1.165) is 12.8 Å². The van der Waals surface area contributed by atoms with Crippen molar-refractivity contribution < 1.29 is 0 Å². The zero-order chi connectivity index (χ0) is 40.0. The summed E-state index contributed by atoms with van der Waals surface area (Å²) in [6.07, 6.45) is 33.0. The van der Waals surface area contributed by atoms with Crippen LogP contribution in [0, 0.1) is 30.6 Å². The SMILES string of the molecule is Cc1ccc(N(c2ccccc2)c2cc3c(c4c2sc2cc(N(C5=CC=CCC5)C5(C)C=CC(C)C6C=CC=CC65)ccc24)C2C=CC=CC2C3(C)C)c2ccccc12. The Bertz CT molecular complexity index is 2890. The van der Waals surface area contributed by atoms with Crippen molar-refractivity contribution in [2.45, 2.75) is 64.3 Å². The lowest BCUT2D eigenvalue weighted by molar-refractivity contribution is 0.266. The Morgan fingerprint density at radius 2 is 1.44 bits per heavy atom. The quantitative estimate of drug-likeness (QED) is 0.155. The third-order valence-electron chi connectivity index (χ3n) is 14.6. The Labute approximate surface area is 353 Å². The van der Waals surface area contributed by atoms with Crippen LogP contribution in [0.2, 0.25) is 0 Å². The summed E-state index contributed by atoms with van der Waals surface area (Å²) >= 11 is 1.98. The van der Waals surface area contributed by atoms with Gasteiger partial charge in [-0.15, -0.1) is 11.3 Å². The molecule has 0 saturated heterocycles. The van der Waals surface area contributed by atoms with Gasteiger partial charge in [-0.3, -0.25) is 0 Å². The largest absolute Gasteiger partial charge is 0.335 e. The highest BCUT2D eigenvalue weighted by molar-refractivity contribution is 7.26. The summed E-state index contributed by atoms with van der Waals surface area (Å²) in [6.45, 7) is 12.0. The van der Waals surface area contributed by atoms with Gasteiger partial charge in [0.2, 0.25) is 0 Å². The first-order chi connectivity index (χ1) is 28.7. The van der Waals surface area contributed by atoms with Crippen molar-refractivity contribution in [1.29, 1.82) is 0 Å². The molecule has 1 heterocycles. The molecule has 0 saturated carbocycles. The monoisotopic (exact) mass is 784 g/mol. The Morgan fingerprint density at radius 1 is 0.678 bits per heavy atom. The van der Waals surface area contributed by atoms with Gasteiger partial charge in [-0.25, -0.2) is 0 Å². The molecule has 6 unspecified atom stereocenters. The average molecular weight is 785 g/mol. The van der Waals surface area contributed by atoms with Crippen LogP contribution in [-0.2, 0) is 5.41 Å². The van der Waals surface area contributed by atoms with Gasteiger partial charge in [-0.1, -0.05) is 148 Å². The molecule has 2 nitrogen and oxygen atoms in total. The minimum Gasteiger partial charge on any atom is -0.335 e. The number of aryl methyl sites for hydroxylation is 1. The Balaban J connectivity index is 1.20. The van der Waals surface area contributed by atoms with Crippen LogP contribution in [0.1, 0.15) is 63.1 Å². The van der Waals surface area contributed by atoms with Gasteiger partial charge in [-0.2, -0.15) is 0 Å². The molecule has 0 spiro atoms. The lowest BCUT2D eigenvalue weighted by Gasteiger charge is -2.52. The highest BCUT2D eigenvalue weighted by atomic mass is 32.1. The molecule has 0 fully saturated rings. The van der Waals surface area contributed by atoms with Crippen molar-refractivity contribution in [3.63, 3.8) is 0 Å². The summed E-state index contributed by atoms with van der Waals surface area (Å²) in [4.78, 5) is 5.27. The summed E-state index contributed by atoms with van der Waals surface area (Å²) in [5.41, 5.74) is 10.3. The molecular weight excluding hydrogens is 733 g/mol. The second kappa shape index (κ2) is 13.7. The number of hydrogen-bond donors (Lipinski definition) is 0. The minimum absolute atomic E-state index is 0.0502. The predicted molar refractivity (Wildman–Crippen MR) is 255 cm³/mol. The second-order valence-corrected chi connectivity index (χ2v) is 19.3. The number of anilines is 4. The molecule has 11 rings (SSSR count). The van der Waals surface area contributed by atoms with Crippen molar-refractivity contribution >= 4 is 65.0 Å². The van der Waals surface area contributed by atoms with E-state index in [9.17, 15) is 0 Å². The number of rotatable bonds is 6. The van der Waals surface area contributed by atoms with E-state index < -0.39 is 0 Å². The average Bonchev–Trinajstić information content (AvgIpc) is 3.76. The summed E-state index contributed by atoms with van der Waals surface area (Å²) in [5, 5.41) is 5.35. The van der Waals surface area contributed by atoms with E-state index in [0.29, 0.717) is 29.6 Å². The van der Waals surface area contributed by atoms with Crippen molar-refractivity contribution in [3.05, 3.63) is 192 Å². The fraction of sp³-hybridized carbons (Fsp3) is 0.250. The molecule has 59 heavy (non-hydrogen) atoms. The first-order valence-electron chi connectivity index (χ1n) is 21.7. The fourth-order valence-electron chi connectivity index (χ4n) is 11.5. The highest BCUT2D eigenvalue weighted by Gasteiger charge is 2.48. The number of hydrogen-bond acceptors (Lipinski definition) is 3. The molecule has 0 N–H and O–H groups in total. The maximum Gasteiger partial charge on any atom is 0.0670 e. The van der Waals surface area contributed by atoms with Crippen LogP contribution in [0.4, 0.5) is 22.7 Å². The van der Waals surface area contributed by atoms with Crippen molar-refractivity contribution in [3.8, 4) is 0 Å². The van der Waals surface area contributed by atoms with Gasteiger partial charge in [-0.05, 0) is 114 Å². The molecule has 5 aliphatic carbocycles. The number of para-hydroxylation sites is 1. The van der Waals surface area contributed by atoms with Crippen LogP contribution < -0.4 is 9.80 Å². The van der Waals surface area contributed by atoms with Crippen molar-refractivity contribution in [2.24, 2.45) is 23.7 Å². The van der Waals surface area contributed by atoms with E-state index in [1.807, 2.05) is 11.3 Å². The Morgan fingerprint density at radius 3 is 2.25 bits per heavy atom. The lowest BCUT2D eigenvalue weighted by Crippen LogP contribution is -2.54. The van der Waals surface area contributed by atoms with Gasteiger partial charge in [0.15, 0.2) is 0 Å². The number of thiophene rings is 1. The number of fused-ring (bicyclic) bond motifs is 9. The van der Waals surface area contributed by atoms with Gasteiger partial charge >= 0.3 is 0 Å². The van der Waals surface area contributed by atoms with E-state index in [-0.39, 0.29) is 11.0 Å². The molecule has 0 amide bonds. The van der Waals surface area contributed by atoms with Crippen LogP contribution in [0.25, 0.3) is 30.9 Å². The third kappa shape index (κ3) is 5.50. The molecule has 1 aromatic heterocycles. The zero-order valence-corrected chi connectivity index (χ0v) is 35.6. The Hall–Kier alpha value is -5.64. The first kappa shape index (κ1) is 36.4. The highest BCUT2D eigenvalue weighted by Crippen LogP contribution is 2.60. The fourth-order valence-corrected chi connectivity index (χ4v) is 12.8.